The fraction of sp³-hybridized carbons (Fsp3) is 0.143. The summed E-state index contributed by atoms with van der Waals surface area (Å²) in [5.74, 6) is -4.18. The molecule has 0 atom stereocenters. The molecular weight excluding hydrogens is 352 g/mol. The molecule has 2 N–H and O–H groups in total. The van der Waals surface area contributed by atoms with Gasteiger partial charge in [0.25, 0.3) is 0 Å². The van der Waals surface area contributed by atoms with E-state index in [0.717, 1.165) is 18.3 Å². The van der Waals surface area contributed by atoms with Crippen molar-refractivity contribution in [3.63, 3.8) is 0 Å². The molecule has 11 heteroatoms. The number of ether oxygens (including phenoxy) is 1. The summed E-state index contributed by atoms with van der Waals surface area (Å²) in [5, 5.41) is 16.9. The Balaban J connectivity index is 0.000000271. The van der Waals surface area contributed by atoms with E-state index in [9.17, 15) is 27.2 Å². The van der Waals surface area contributed by atoms with Crippen LogP contribution in [0.3, 0.4) is 0 Å². The van der Waals surface area contributed by atoms with Gasteiger partial charge in [-0.15, -0.1) is 0 Å². The highest BCUT2D eigenvalue weighted by Crippen LogP contribution is 2.19. The second-order valence-electron chi connectivity index (χ2n) is 4.21. The van der Waals surface area contributed by atoms with Crippen LogP contribution in [0.4, 0.5) is 17.6 Å². The van der Waals surface area contributed by atoms with Gasteiger partial charge in [0, 0.05) is 12.4 Å². The number of carbonyl (C=O) groups is 2. The maximum absolute atomic E-state index is 12.3. The SMILES string of the molecule is O=C(O)c1cccnc1F.O=C(O)c1cccnc1OCC(F)(F)F. The van der Waals surface area contributed by atoms with Crippen LogP contribution in [0.25, 0.3) is 0 Å². The largest absolute Gasteiger partial charge is 0.478 e. The number of nitrogens with zero attached hydrogens (tertiary/aromatic N) is 2. The molecule has 0 radical (unpaired) electrons. The summed E-state index contributed by atoms with van der Waals surface area (Å²) in [5.41, 5.74) is -0.802. The third kappa shape index (κ3) is 6.81. The lowest BCUT2D eigenvalue weighted by Gasteiger charge is -2.09. The van der Waals surface area contributed by atoms with Crippen molar-refractivity contribution in [3.05, 3.63) is 53.7 Å². The lowest BCUT2D eigenvalue weighted by atomic mass is 10.3. The summed E-state index contributed by atoms with van der Waals surface area (Å²) < 4.78 is 51.9. The second-order valence-corrected chi connectivity index (χ2v) is 4.21. The van der Waals surface area contributed by atoms with E-state index >= 15 is 0 Å². The van der Waals surface area contributed by atoms with Gasteiger partial charge < -0.3 is 14.9 Å². The van der Waals surface area contributed by atoms with Crippen LogP contribution in [0.5, 0.6) is 5.88 Å². The minimum absolute atomic E-state index is 0.400. The highest BCUT2D eigenvalue weighted by Gasteiger charge is 2.29. The molecule has 0 aliphatic rings. The van der Waals surface area contributed by atoms with Crippen molar-refractivity contribution < 1.29 is 42.1 Å². The quantitative estimate of drug-likeness (QED) is 0.635. The molecular formula is C14H10F4N2O5. The summed E-state index contributed by atoms with van der Waals surface area (Å²) >= 11 is 0. The zero-order chi connectivity index (χ0) is 19.0. The normalized spacial score (nSPS) is 10.4. The van der Waals surface area contributed by atoms with Crippen LogP contribution in [0.15, 0.2) is 36.7 Å². The van der Waals surface area contributed by atoms with Crippen molar-refractivity contribution >= 4 is 11.9 Å². The van der Waals surface area contributed by atoms with E-state index in [1.807, 2.05) is 0 Å². The standard InChI is InChI=1S/C8H6F3NO3.C6H4FNO2/c9-8(10,11)4-15-6-5(7(13)14)2-1-3-12-6;7-5-4(6(9)10)2-1-3-8-5/h1-3H,4H2,(H,13,14);1-3H,(H,9,10). The van der Waals surface area contributed by atoms with E-state index in [0.29, 0.717) is 0 Å². The molecule has 0 aromatic carbocycles. The molecule has 0 amide bonds. The predicted octanol–water partition coefficient (Wildman–Crippen LogP) is 2.64. The van der Waals surface area contributed by atoms with Gasteiger partial charge in [-0.1, -0.05) is 0 Å². The average Bonchev–Trinajstić information content (AvgIpc) is 2.53. The number of rotatable bonds is 4. The molecule has 2 aromatic heterocycles. The second kappa shape index (κ2) is 8.57. The number of aromatic nitrogens is 2. The van der Waals surface area contributed by atoms with Crippen molar-refractivity contribution in [3.8, 4) is 5.88 Å². The zero-order valence-corrected chi connectivity index (χ0v) is 12.2. The fourth-order valence-corrected chi connectivity index (χ4v) is 1.36. The van der Waals surface area contributed by atoms with Crippen LogP contribution >= 0.6 is 0 Å². The van der Waals surface area contributed by atoms with E-state index in [1.165, 1.54) is 18.3 Å². The Hall–Kier alpha value is -3.24. The third-order valence-electron chi connectivity index (χ3n) is 2.36. The molecule has 0 saturated heterocycles. The predicted molar refractivity (Wildman–Crippen MR) is 73.9 cm³/mol. The molecule has 25 heavy (non-hydrogen) atoms. The minimum atomic E-state index is -4.52. The van der Waals surface area contributed by atoms with Crippen molar-refractivity contribution in [2.24, 2.45) is 0 Å². The van der Waals surface area contributed by atoms with E-state index in [-0.39, 0.29) is 0 Å². The molecule has 2 aromatic rings. The van der Waals surface area contributed by atoms with Gasteiger partial charge in [0.05, 0.1) is 0 Å². The van der Waals surface area contributed by atoms with Crippen LogP contribution in [0.2, 0.25) is 0 Å². The van der Waals surface area contributed by atoms with E-state index in [2.05, 4.69) is 14.7 Å². The molecule has 0 spiro atoms. The lowest BCUT2D eigenvalue weighted by molar-refractivity contribution is -0.154. The van der Waals surface area contributed by atoms with E-state index in [1.54, 1.807) is 0 Å². The first-order chi connectivity index (χ1) is 11.6. The van der Waals surface area contributed by atoms with E-state index in [4.69, 9.17) is 10.2 Å². The molecule has 0 bridgehead atoms. The number of carboxylic acids is 2. The number of hydrogen-bond donors (Lipinski definition) is 2. The Labute approximate surface area is 137 Å². The Morgan fingerprint density at radius 1 is 1.00 bits per heavy atom. The Morgan fingerprint density at radius 2 is 1.52 bits per heavy atom. The summed E-state index contributed by atoms with van der Waals surface area (Å²) in [6, 6.07) is 4.93. The monoisotopic (exact) mass is 362 g/mol. The maximum atomic E-state index is 12.3. The molecule has 0 unspecified atom stereocenters. The Kier molecular flexibility index (Phi) is 6.79. The number of hydrogen-bond acceptors (Lipinski definition) is 5. The van der Waals surface area contributed by atoms with Crippen LogP contribution in [-0.2, 0) is 0 Å². The van der Waals surface area contributed by atoms with Gasteiger partial charge >= 0.3 is 18.1 Å². The van der Waals surface area contributed by atoms with Gasteiger partial charge in [0.15, 0.2) is 6.61 Å². The fourth-order valence-electron chi connectivity index (χ4n) is 1.36. The first-order valence-electron chi connectivity index (χ1n) is 6.33. The van der Waals surface area contributed by atoms with Gasteiger partial charge in [-0.05, 0) is 24.3 Å². The van der Waals surface area contributed by atoms with Gasteiger partial charge in [-0.25, -0.2) is 19.6 Å². The van der Waals surface area contributed by atoms with Gasteiger partial charge in [-0.3, -0.25) is 0 Å². The van der Waals surface area contributed by atoms with Gasteiger partial charge in [0.2, 0.25) is 11.8 Å². The molecule has 0 aliphatic heterocycles. The van der Waals surface area contributed by atoms with Gasteiger partial charge in [0.1, 0.15) is 11.1 Å². The van der Waals surface area contributed by atoms with Crippen LogP contribution in [0, 0.1) is 5.95 Å². The molecule has 0 fully saturated rings. The molecule has 0 aliphatic carbocycles. The number of aromatic carboxylic acids is 2. The topological polar surface area (TPSA) is 110 Å². The number of pyridine rings is 2. The van der Waals surface area contributed by atoms with Crippen molar-refractivity contribution in [2.75, 3.05) is 6.61 Å². The van der Waals surface area contributed by atoms with Crippen molar-refractivity contribution in [1.29, 1.82) is 0 Å². The summed E-state index contributed by atoms with van der Waals surface area (Å²) in [7, 11) is 0. The highest BCUT2D eigenvalue weighted by atomic mass is 19.4. The van der Waals surface area contributed by atoms with E-state index < -0.39 is 47.7 Å². The van der Waals surface area contributed by atoms with Crippen molar-refractivity contribution in [1.82, 2.24) is 9.97 Å². The first-order valence-corrected chi connectivity index (χ1v) is 6.33. The minimum Gasteiger partial charge on any atom is -0.478 e. The van der Waals surface area contributed by atoms with Gasteiger partial charge in [-0.2, -0.15) is 17.6 Å². The van der Waals surface area contributed by atoms with Crippen LogP contribution in [-0.4, -0.2) is 44.9 Å². The number of halogens is 4. The lowest BCUT2D eigenvalue weighted by Crippen LogP contribution is -2.20. The number of carboxylic acid groups (broad SMARTS) is 2. The smallest absolute Gasteiger partial charge is 0.422 e. The van der Waals surface area contributed by atoms with Crippen molar-refractivity contribution in [2.45, 2.75) is 6.18 Å². The first kappa shape index (κ1) is 19.8. The summed E-state index contributed by atoms with van der Waals surface area (Å²) in [6.07, 6.45) is -2.17. The summed E-state index contributed by atoms with van der Waals surface area (Å²) in [4.78, 5) is 27.2. The molecule has 134 valence electrons. The third-order valence-corrected chi connectivity index (χ3v) is 2.36. The molecule has 2 rings (SSSR count). The Morgan fingerprint density at radius 3 is 1.96 bits per heavy atom. The highest BCUT2D eigenvalue weighted by molar-refractivity contribution is 5.90. The van der Waals surface area contributed by atoms with Crippen LogP contribution in [0.1, 0.15) is 20.7 Å². The van der Waals surface area contributed by atoms with Crippen LogP contribution < -0.4 is 4.74 Å². The molecule has 0 saturated carbocycles. The number of alkyl halides is 3. The zero-order valence-electron chi connectivity index (χ0n) is 12.2. The maximum Gasteiger partial charge on any atom is 0.422 e. The molecule has 7 nitrogen and oxygen atoms in total. The molecule has 2 heterocycles. The average molecular weight is 362 g/mol. The summed E-state index contributed by atoms with van der Waals surface area (Å²) in [6.45, 7) is -1.57. The Bertz CT molecular complexity index is 752.